The first-order chi connectivity index (χ1) is 13.9. The van der Waals surface area contributed by atoms with Crippen LogP contribution >= 0.6 is 0 Å². The number of carboxylic acid groups (broad SMARTS) is 1. The number of rotatable bonds is 9. The van der Waals surface area contributed by atoms with Gasteiger partial charge in [-0.2, -0.15) is 0 Å². The largest absolute Gasteiger partial charge is 0.480 e. The Hall–Kier alpha value is -3.35. The highest BCUT2D eigenvalue weighted by Gasteiger charge is 2.29. The van der Waals surface area contributed by atoms with Crippen molar-refractivity contribution in [2.45, 2.75) is 39.0 Å². The molecule has 2 atom stereocenters. The van der Waals surface area contributed by atoms with E-state index in [1.807, 2.05) is 60.7 Å². The number of nitrogens with one attached hydrogen (secondary N) is 2. The molecule has 7 heteroatoms. The molecule has 7 nitrogen and oxygen atoms in total. The van der Waals surface area contributed by atoms with Gasteiger partial charge < -0.3 is 20.5 Å². The van der Waals surface area contributed by atoms with Crippen molar-refractivity contribution in [2.24, 2.45) is 5.92 Å². The van der Waals surface area contributed by atoms with Crippen molar-refractivity contribution in [2.75, 3.05) is 0 Å². The van der Waals surface area contributed by atoms with Gasteiger partial charge in [-0.25, -0.2) is 9.59 Å². The van der Waals surface area contributed by atoms with Gasteiger partial charge >= 0.3 is 12.1 Å². The van der Waals surface area contributed by atoms with Crippen LogP contribution in [0.15, 0.2) is 60.7 Å². The van der Waals surface area contributed by atoms with Crippen molar-refractivity contribution in [1.82, 2.24) is 10.6 Å². The highest BCUT2D eigenvalue weighted by Crippen LogP contribution is 2.08. The Bertz CT molecular complexity index is 808. The molecule has 0 heterocycles. The van der Waals surface area contributed by atoms with Crippen molar-refractivity contribution in [1.29, 1.82) is 0 Å². The minimum Gasteiger partial charge on any atom is -0.480 e. The van der Waals surface area contributed by atoms with Gasteiger partial charge in [0.1, 0.15) is 18.7 Å². The summed E-state index contributed by atoms with van der Waals surface area (Å²) in [5.74, 6) is -2.01. The average Bonchev–Trinajstić information content (AvgIpc) is 2.71. The summed E-state index contributed by atoms with van der Waals surface area (Å²) in [6.45, 7) is 3.47. The predicted octanol–water partition coefficient (Wildman–Crippen LogP) is 2.75. The molecule has 0 fully saturated rings. The van der Waals surface area contributed by atoms with E-state index >= 15 is 0 Å². The first-order valence-corrected chi connectivity index (χ1v) is 9.41. The smallest absolute Gasteiger partial charge is 0.408 e. The molecular weight excluding hydrogens is 372 g/mol. The number of carbonyl (C=O) groups excluding carboxylic acids is 2. The summed E-state index contributed by atoms with van der Waals surface area (Å²) >= 11 is 0. The Labute approximate surface area is 170 Å². The van der Waals surface area contributed by atoms with Gasteiger partial charge in [-0.15, -0.1) is 0 Å². The van der Waals surface area contributed by atoms with Gasteiger partial charge in [0.25, 0.3) is 0 Å². The summed E-state index contributed by atoms with van der Waals surface area (Å²) in [4.78, 5) is 36.4. The first-order valence-electron chi connectivity index (χ1n) is 9.41. The van der Waals surface area contributed by atoms with Crippen LogP contribution in [0.1, 0.15) is 25.0 Å². The van der Waals surface area contributed by atoms with E-state index in [0.717, 1.165) is 11.1 Å². The third kappa shape index (κ3) is 7.29. The fourth-order valence-electron chi connectivity index (χ4n) is 2.73. The Kier molecular flexibility index (Phi) is 8.21. The number of amides is 2. The molecule has 2 aromatic carbocycles. The Morgan fingerprint density at radius 3 is 1.97 bits per heavy atom. The molecule has 0 aromatic heterocycles. The van der Waals surface area contributed by atoms with Crippen molar-refractivity contribution >= 4 is 18.0 Å². The fraction of sp³-hybridized carbons (Fsp3) is 0.318. The standard InChI is InChI=1S/C22H26N2O5/c1-15(2)19(21(26)27)24-20(25)18(13-16-9-5-3-6-10-16)23-22(28)29-14-17-11-7-4-8-12-17/h3-12,15,18-19H,13-14H2,1-2H3,(H,23,28)(H,24,25)(H,26,27)/t18-,19+/m0/s1. The minimum atomic E-state index is -1.13. The molecule has 0 aliphatic rings. The van der Waals surface area contributed by atoms with Gasteiger partial charge in [-0.05, 0) is 17.0 Å². The second-order valence-electron chi connectivity index (χ2n) is 7.02. The lowest BCUT2D eigenvalue weighted by Crippen LogP contribution is -2.53. The van der Waals surface area contributed by atoms with Crippen LogP contribution in [0.3, 0.4) is 0 Å². The molecule has 0 aliphatic heterocycles. The molecule has 2 rings (SSSR count). The molecule has 0 aliphatic carbocycles. The van der Waals surface area contributed by atoms with Crippen molar-refractivity contribution in [3.63, 3.8) is 0 Å². The molecule has 154 valence electrons. The molecule has 0 bridgehead atoms. The number of hydrogen-bond donors (Lipinski definition) is 3. The van der Waals surface area contributed by atoms with Crippen LogP contribution in [-0.4, -0.2) is 35.2 Å². The number of aliphatic carboxylic acids is 1. The monoisotopic (exact) mass is 398 g/mol. The van der Waals surface area contributed by atoms with E-state index in [0.29, 0.717) is 0 Å². The van der Waals surface area contributed by atoms with Gasteiger partial charge in [0, 0.05) is 6.42 Å². The van der Waals surface area contributed by atoms with Gasteiger partial charge in [0.2, 0.25) is 5.91 Å². The summed E-state index contributed by atoms with van der Waals surface area (Å²) in [7, 11) is 0. The second kappa shape index (κ2) is 10.8. The third-order valence-corrected chi connectivity index (χ3v) is 4.33. The Balaban J connectivity index is 2.06. The molecule has 2 aromatic rings. The van der Waals surface area contributed by atoms with E-state index in [9.17, 15) is 19.5 Å². The normalized spacial score (nSPS) is 12.7. The lowest BCUT2D eigenvalue weighted by Gasteiger charge is -2.23. The molecule has 0 spiro atoms. The maximum atomic E-state index is 12.7. The van der Waals surface area contributed by atoms with Crippen molar-refractivity contribution in [3.8, 4) is 0 Å². The molecule has 2 amide bonds. The van der Waals surface area contributed by atoms with Crippen molar-refractivity contribution in [3.05, 3.63) is 71.8 Å². The van der Waals surface area contributed by atoms with Crippen LogP contribution in [0.2, 0.25) is 0 Å². The quantitative estimate of drug-likeness (QED) is 0.602. The fourth-order valence-corrected chi connectivity index (χ4v) is 2.73. The lowest BCUT2D eigenvalue weighted by molar-refractivity contribution is -0.143. The molecule has 0 radical (unpaired) electrons. The van der Waals surface area contributed by atoms with E-state index in [1.165, 1.54) is 0 Å². The van der Waals surface area contributed by atoms with Crippen LogP contribution in [0, 0.1) is 5.92 Å². The van der Waals surface area contributed by atoms with Gasteiger partial charge in [-0.3, -0.25) is 4.79 Å². The lowest BCUT2D eigenvalue weighted by atomic mass is 10.0. The summed E-state index contributed by atoms with van der Waals surface area (Å²) in [6, 6.07) is 16.3. The van der Waals surface area contributed by atoms with Crippen molar-refractivity contribution < 1.29 is 24.2 Å². The van der Waals surface area contributed by atoms with E-state index in [2.05, 4.69) is 10.6 Å². The van der Waals surface area contributed by atoms with E-state index in [4.69, 9.17) is 4.74 Å². The average molecular weight is 398 g/mol. The van der Waals surface area contributed by atoms with E-state index in [1.54, 1.807) is 13.8 Å². The van der Waals surface area contributed by atoms with Crippen LogP contribution in [-0.2, 0) is 27.4 Å². The van der Waals surface area contributed by atoms with E-state index < -0.39 is 30.1 Å². The summed E-state index contributed by atoms with van der Waals surface area (Å²) in [6.07, 6.45) is -0.543. The number of alkyl carbamates (subject to hydrolysis) is 1. The second-order valence-corrected chi connectivity index (χ2v) is 7.02. The first kappa shape index (κ1) is 21.9. The number of hydrogen-bond acceptors (Lipinski definition) is 4. The predicted molar refractivity (Wildman–Crippen MR) is 108 cm³/mol. The van der Waals surface area contributed by atoms with Crippen LogP contribution in [0.5, 0.6) is 0 Å². The number of ether oxygens (including phenoxy) is 1. The number of carboxylic acids is 1. The van der Waals surface area contributed by atoms with E-state index in [-0.39, 0.29) is 18.9 Å². The summed E-state index contributed by atoms with van der Waals surface area (Å²) < 4.78 is 5.20. The number of carbonyl (C=O) groups is 3. The molecule has 0 unspecified atom stereocenters. The molecule has 0 saturated carbocycles. The summed E-state index contributed by atoms with van der Waals surface area (Å²) in [5, 5.41) is 14.4. The van der Waals surface area contributed by atoms with Gasteiger partial charge in [0.15, 0.2) is 0 Å². The highest BCUT2D eigenvalue weighted by molar-refractivity contribution is 5.89. The van der Waals surface area contributed by atoms with Crippen LogP contribution < -0.4 is 10.6 Å². The zero-order chi connectivity index (χ0) is 21.2. The molecule has 0 saturated heterocycles. The summed E-state index contributed by atoms with van der Waals surface area (Å²) in [5.41, 5.74) is 1.64. The SMILES string of the molecule is CC(C)[C@@H](NC(=O)[C@H](Cc1ccccc1)NC(=O)OCc1ccccc1)C(=O)O. The maximum absolute atomic E-state index is 12.7. The zero-order valence-corrected chi connectivity index (χ0v) is 16.5. The Morgan fingerprint density at radius 1 is 0.897 bits per heavy atom. The molecular formula is C22H26N2O5. The topological polar surface area (TPSA) is 105 Å². The highest BCUT2D eigenvalue weighted by atomic mass is 16.5. The maximum Gasteiger partial charge on any atom is 0.408 e. The minimum absolute atomic E-state index is 0.0656. The third-order valence-electron chi connectivity index (χ3n) is 4.33. The molecule has 3 N–H and O–H groups in total. The molecule has 29 heavy (non-hydrogen) atoms. The van der Waals surface area contributed by atoms with Crippen LogP contribution in [0.25, 0.3) is 0 Å². The Morgan fingerprint density at radius 2 is 1.45 bits per heavy atom. The zero-order valence-electron chi connectivity index (χ0n) is 16.5. The van der Waals surface area contributed by atoms with Gasteiger partial charge in [0.05, 0.1) is 0 Å². The van der Waals surface area contributed by atoms with Crippen LogP contribution in [0.4, 0.5) is 4.79 Å². The number of benzene rings is 2. The van der Waals surface area contributed by atoms with Gasteiger partial charge in [-0.1, -0.05) is 74.5 Å².